The number of nitrogens with zero attached hydrogens (tertiary/aromatic N) is 1. The Morgan fingerprint density at radius 1 is 1.35 bits per heavy atom. The number of methoxy groups -OCH3 is 2. The number of benzene rings is 1. The summed E-state index contributed by atoms with van der Waals surface area (Å²) >= 11 is 0. The Morgan fingerprint density at radius 3 is 2.81 bits per heavy atom. The zero-order chi connectivity index (χ0) is 18.5. The van der Waals surface area contributed by atoms with E-state index in [2.05, 4.69) is 15.6 Å². The maximum Gasteiger partial charge on any atom is 0.341 e. The van der Waals surface area contributed by atoms with Gasteiger partial charge in [-0.15, -0.1) is 0 Å². The summed E-state index contributed by atoms with van der Waals surface area (Å²) in [4.78, 5) is 16.6. The Morgan fingerprint density at radius 2 is 2.19 bits per heavy atom. The third kappa shape index (κ3) is 4.09. The molecule has 2 heterocycles. The van der Waals surface area contributed by atoms with Gasteiger partial charge in [-0.25, -0.2) is 9.79 Å². The molecule has 2 N–H and O–H groups in total. The Hall–Kier alpha value is -2.28. The van der Waals surface area contributed by atoms with Crippen LogP contribution >= 0.6 is 0 Å². The van der Waals surface area contributed by atoms with E-state index >= 15 is 0 Å². The highest BCUT2D eigenvalue weighted by Crippen LogP contribution is 2.34. The monoisotopic (exact) mass is 361 g/mol. The molecule has 2 aliphatic rings. The van der Waals surface area contributed by atoms with Crippen LogP contribution in [0.2, 0.25) is 0 Å². The van der Waals surface area contributed by atoms with Gasteiger partial charge < -0.3 is 24.8 Å². The quantitative estimate of drug-likeness (QED) is 0.457. The van der Waals surface area contributed by atoms with Crippen molar-refractivity contribution in [1.82, 2.24) is 10.6 Å². The highest BCUT2D eigenvalue weighted by atomic mass is 16.5. The van der Waals surface area contributed by atoms with Crippen molar-refractivity contribution in [2.24, 2.45) is 4.99 Å². The van der Waals surface area contributed by atoms with E-state index in [0.717, 1.165) is 30.9 Å². The standard InChI is InChI=1S/C19H27N3O4/c1-4-20-19(22-15-10-13-6-8-17(15)26-13)21-11-12-5-7-16(24-2)14(9-12)18(23)25-3/h5,7,9,13,15,17H,4,6,8,10-11H2,1-3H3,(H2,20,21,22). The lowest BCUT2D eigenvalue weighted by molar-refractivity contribution is 0.0597. The van der Waals surface area contributed by atoms with E-state index in [1.54, 1.807) is 12.1 Å². The number of carbonyl (C=O) groups is 1. The highest BCUT2D eigenvalue weighted by molar-refractivity contribution is 5.92. The van der Waals surface area contributed by atoms with Crippen LogP contribution in [0.15, 0.2) is 23.2 Å². The topological polar surface area (TPSA) is 81.2 Å². The van der Waals surface area contributed by atoms with E-state index in [1.807, 2.05) is 13.0 Å². The zero-order valence-corrected chi connectivity index (χ0v) is 15.6. The van der Waals surface area contributed by atoms with Gasteiger partial charge in [0.25, 0.3) is 0 Å². The van der Waals surface area contributed by atoms with Gasteiger partial charge in [-0.05, 0) is 43.9 Å². The summed E-state index contributed by atoms with van der Waals surface area (Å²) in [5, 5.41) is 6.76. The number of rotatable bonds is 6. The van der Waals surface area contributed by atoms with Crippen LogP contribution in [0.1, 0.15) is 42.1 Å². The molecule has 142 valence electrons. The molecule has 7 heteroatoms. The molecule has 2 aliphatic heterocycles. The van der Waals surface area contributed by atoms with Gasteiger partial charge in [0.2, 0.25) is 0 Å². The van der Waals surface area contributed by atoms with Gasteiger partial charge in [-0.1, -0.05) is 6.07 Å². The van der Waals surface area contributed by atoms with Crippen molar-refractivity contribution in [2.75, 3.05) is 20.8 Å². The van der Waals surface area contributed by atoms with Crippen LogP contribution in [0.5, 0.6) is 5.75 Å². The van der Waals surface area contributed by atoms with Crippen molar-refractivity contribution < 1.29 is 19.0 Å². The minimum atomic E-state index is -0.420. The number of guanidine groups is 1. The molecule has 0 saturated carbocycles. The molecule has 26 heavy (non-hydrogen) atoms. The minimum absolute atomic E-state index is 0.288. The molecule has 3 rings (SSSR count). The van der Waals surface area contributed by atoms with Gasteiger partial charge in [-0.3, -0.25) is 0 Å². The van der Waals surface area contributed by atoms with E-state index in [9.17, 15) is 4.79 Å². The number of aliphatic imine (C=N–C) groups is 1. The van der Waals surface area contributed by atoms with Gasteiger partial charge >= 0.3 is 5.97 Å². The van der Waals surface area contributed by atoms with Gasteiger partial charge in [-0.2, -0.15) is 0 Å². The maximum absolute atomic E-state index is 11.9. The normalized spacial score (nSPS) is 24.4. The molecule has 3 atom stereocenters. The van der Waals surface area contributed by atoms with E-state index in [0.29, 0.717) is 30.0 Å². The molecule has 2 saturated heterocycles. The molecule has 0 aromatic heterocycles. The third-order valence-corrected chi connectivity index (χ3v) is 4.86. The number of fused-ring (bicyclic) bond motifs is 2. The second-order valence-corrected chi connectivity index (χ2v) is 6.58. The lowest BCUT2D eigenvalue weighted by Gasteiger charge is -2.22. The maximum atomic E-state index is 11.9. The van der Waals surface area contributed by atoms with E-state index in [4.69, 9.17) is 14.2 Å². The summed E-state index contributed by atoms with van der Waals surface area (Å²) in [7, 11) is 2.89. The molecule has 2 bridgehead atoms. The first kappa shape index (κ1) is 18.5. The molecular formula is C19H27N3O4. The molecule has 7 nitrogen and oxygen atoms in total. The molecule has 3 unspecified atom stereocenters. The Bertz CT molecular complexity index is 677. The largest absolute Gasteiger partial charge is 0.496 e. The third-order valence-electron chi connectivity index (χ3n) is 4.86. The smallest absolute Gasteiger partial charge is 0.341 e. The number of nitrogens with one attached hydrogen (secondary N) is 2. The van der Waals surface area contributed by atoms with Gasteiger partial charge in [0.15, 0.2) is 5.96 Å². The molecule has 1 aromatic rings. The van der Waals surface area contributed by atoms with Crippen molar-refractivity contribution in [3.63, 3.8) is 0 Å². The second kappa shape index (κ2) is 8.40. The predicted molar refractivity (Wildman–Crippen MR) is 98.6 cm³/mol. The van der Waals surface area contributed by atoms with Crippen LogP contribution in [0.25, 0.3) is 0 Å². The van der Waals surface area contributed by atoms with E-state index in [-0.39, 0.29) is 6.10 Å². The fraction of sp³-hybridized carbons (Fsp3) is 0.579. The molecule has 0 amide bonds. The zero-order valence-electron chi connectivity index (χ0n) is 15.6. The van der Waals surface area contributed by atoms with Crippen LogP contribution in [0, 0.1) is 0 Å². The summed E-state index contributed by atoms with van der Waals surface area (Å²) in [6.45, 7) is 3.27. The first-order valence-corrected chi connectivity index (χ1v) is 9.10. The SMILES string of the molecule is CCNC(=NCc1ccc(OC)c(C(=O)OC)c1)NC1CC2CCC1O2. The number of ether oxygens (including phenoxy) is 3. The van der Waals surface area contributed by atoms with Gasteiger partial charge in [0, 0.05) is 6.54 Å². The fourth-order valence-corrected chi connectivity index (χ4v) is 3.58. The van der Waals surface area contributed by atoms with Crippen LogP contribution in [-0.2, 0) is 16.0 Å². The number of esters is 1. The highest BCUT2D eigenvalue weighted by Gasteiger charge is 2.41. The lowest BCUT2D eigenvalue weighted by atomic mass is 9.96. The molecule has 1 aromatic carbocycles. The van der Waals surface area contributed by atoms with Crippen molar-refractivity contribution in [3.05, 3.63) is 29.3 Å². The molecular weight excluding hydrogens is 334 g/mol. The number of carbonyl (C=O) groups excluding carboxylic acids is 1. The lowest BCUT2D eigenvalue weighted by Crippen LogP contribution is -2.47. The number of hydrogen-bond donors (Lipinski definition) is 2. The average molecular weight is 361 g/mol. The van der Waals surface area contributed by atoms with Crippen molar-refractivity contribution in [3.8, 4) is 5.75 Å². The summed E-state index contributed by atoms with van der Waals surface area (Å²) < 4.78 is 15.9. The summed E-state index contributed by atoms with van der Waals surface area (Å²) in [5.74, 6) is 0.842. The summed E-state index contributed by atoms with van der Waals surface area (Å²) in [5.41, 5.74) is 1.31. The first-order chi connectivity index (χ1) is 12.6. The van der Waals surface area contributed by atoms with E-state index in [1.165, 1.54) is 20.6 Å². The number of hydrogen-bond acceptors (Lipinski definition) is 5. The van der Waals surface area contributed by atoms with Crippen molar-refractivity contribution in [1.29, 1.82) is 0 Å². The first-order valence-electron chi connectivity index (χ1n) is 9.10. The van der Waals surface area contributed by atoms with Crippen molar-refractivity contribution in [2.45, 2.75) is 51.0 Å². The van der Waals surface area contributed by atoms with Crippen LogP contribution in [-0.4, -0.2) is 50.9 Å². The Kier molecular flexibility index (Phi) is 5.98. The van der Waals surface area contributed by atoms with Gasteiger partial charge in [0.05, 0.1) is 39.0 Å². The summed E-state index contributed by atoms with van der Waals surface area (Å²) in [6.07, 6.45) is 3.99. The predicted octanol–water partition coefficient (Wildman–Crippen LogP) is 1.86. The van der Waals surface area contributed by atoms with E-state index < -0.39 is 5.97 Å². The molecule has 0 spiro atoms. The fourth-order valence-electron chi connectivity index (χ4n) is 3.58. The van der Waals surface area contributed by atoms with Crippen LogP contribution in [0.3, 0.4) is 0 Å². The van der Waals surface area contributed by atoms with Crippen LogP contribution < -0.4 is 15.4 Å². The second-order valence-electron chi connectivity index (χ2n) is 6.58. The molecule has 2 fully saturated rings. The Balaban J connectivity index is 1.70. The molecule has 0 aliphatic carbocycles. The minimum Gasteiger partial charge on any atom is -0.496 e. The van der Waals surface area contributed by atoms with Gasteiger partial charge in [0.1, 0.15) is 11.3 Å². The van der Waals surface area contributed by atoms with Crippen LogP contribution in [0.4, 0.5) is 0 Å². The molecule has 0 radical (unpaired) electrons. The van der Waals surface area contributed by atoms with Crippen molar-refractivity contribution >= 4 is 11.9 Å². The Labute approximate surface area is 154 Å². The summed E-state index contributed by atoms with van der Waals surface area (Å²) in [6, 6.07) is 5.74. The average Bonchev–Trinajstić information content (AvgIpc) is 3.28.